The van der Waals surface area contributed by atoms with Crippen molar-refractivity contribution < 1.29 is 14.3 Å². The van der Waals surface area contributed by atoms with E-state index in [4.69, 9.17) is 15.2 Å². The van der Waals surface area contributed by atoms with Gasteiger partial charge in [-0.2, -0.15) is 0 Å². The Labute approximate surface area is 96.0 Å². The second kappa shape index (κ2) is 6.62. The lowest BCUT2D eigenvalue weighted by Crippen LogP contribution is -2.38. The molecule has 16 heavy (non-hydrogen) atoms. The van der Waals surface area contributed by atoms with Crippen LogP contribution in [0.25, 0.3) is 0 Å². The van der Waals surface area contributed by atoms with E-state index in [0.29, 0.717) is 19.6 Å². The fourth-order valence-corrected chi connectivity index (χ4v) is 1.66. The van der Waals surface area contributed by atoms with Gasteiger partial charge in [0, 0.05) is 26.8 Å². The number of amides is 1. The molecule has 3 unspecified atom stereocenters. The third-order valence-electron chi connectivity index (χ3n) is 2.64. The van der Waals surface area contributed by atoms with E-state index in [-0.39, 0.29) is 24.0 Å². The number of nitrogens with two attached hydrogens (primary N) is 1. The fourth-order valence-electron chi connectivity index (χ4n) is 1.66. The average Bonchev–Trinajstić information content (AvgIpc) is 2.70. The quantitative estimate of drug-likeness (QED) is 0.610. The number of methoxy groups -OCH3 is 2. The molecule has 1 amide bonds. The molecule has 1 aliphatic rings. The highest BCUT2D eigenvalue weighted by molar-refractivity contribution is 5.81. The first-order chi connectivity index (χ1) is 7.67. The number of ether oxygens (including phenoxy) is 2. The smallest absolute Gasteiger partial charge is 0.227 e. The van der Waals surface area contributed by atoms with Crippen molar-refractivity contribution in [3.63, 3.8) is 0 Å². The van der Waals surface area contributed by atoms with Gasteiger partial charge in [0.05, 0.1) is 18.6 Å². The predicted molar refractivity (Wildman–Crippen MR) is 60.9 cm³/mol. The van der Waals surface area contributed by atoms with Crippen molar-refractivity contribution in [1.82, 2.24) is 5.32 Å². The fraction of sp³-hybridized carbons (Fsp3) is 0.727. The van der Waals surface area contributed by atoms with Crippen molar-refractivity contribution in [1.29, 1.82) is 0 Å². The van der Waals surface area contributed by atoms with Gasteiger partial charge in [0.1, 0.15) is 0 Å². The van der Waals surface area contributed by atoms with Gasteiger partial charge >= 0.3 is 0 Å². The van der Waals surface area contributed by atoms with Gasteiger partial charge in [-0.25, -0.2) is 0 Å². The van der Waals surface area contributed by atoms with Gasteiger partial charge in [-0.15, -0.1) is 0 Å². The van der Waals surface area contributed by atoms with E-state index in [9.17, 15) is 4.79 Å². The third-order valence-corrected chi connectivity index (χ3v) is 2.64. The molecule has 0 aromatic heterocycles. The Morgan fingerprint density at radius 2 is 2.31 bits per heavy atom. The first-order valence-electron chi connectivity index (χ1n) is 5.40. The van der Waals surface area contributed by atoms with E-state index in [1.54, 1.807) is 14.2 Å². The number of rotatable bonds is 6. The summed E-state index contributed by atoms with van der Waals surface area (Å²) in [7, 11) is 3.20. The summed E-state index contributed by atoms with van der Waals surface area (Å²) in [5, 5.41) is 2.83. The van der Waals surface area contributed by atoms with Gasteiger partial charge in [-0.05, 0) is 6.42 Å². The van der Waals surface area contributed by atoms with Crippen LogP contribution in [0, 0.1) is 5.92 Å². The molecule has 3 N–H and O–H groups in total. The molecule has 0 aliphatic heterocycles. The number of hydrogen-bond donors (Lipinski definition) is 2. The molecular formula is C11H20N2O3. The van der Waals surface area contributed by atoms with Crippen LogP contribution in [0.2, 0.25) is 0 Å². The minimum absolute atomic E-state index is 0.00218. The summed E-state index contributed by atoms with van der Waals surface area (Å²) < 4.78 is 10.1. The van der Waals surface area contributed by atoms with Crippen LogP contribution in [-0.4, -0.2) is 45.4 Å². The van der Waals surface area contributed by atoms with Crippen LogP contribution in [0.4, 0.5) is 0 Å². The standard InChI is InChI=1S/C11H20N2O3/c1-15-7-10(16-2)6-13-11(14)8-3-4-9(12)5-8/h3-4,8-10H,5-7,12H2,1-2H3,(H,13,14). The molecule has 0 radical (unpaired) electrons. The van der Waals surface area contributed by atoms with Crippen LogP contribution in [-0.2, 0) is 14.3 Å². The molecular weight excluding hydrogens is 208 g/mol. The topological polar surface area (TPSA) is 73.6 Å². The molecule has 0 heterocycles. The van der Waals surface area contributed by atoms with Crippen molar-refractivity contribution in [2.75, 3.05) is 27.4 Å². The molecule has 0 bridgehead atoms. The molecule has 92 valence electrons. The van der Waals surface area contributed by atoms with Gasteiger partial charge in [0.2, 0.25) is 5.91 Å². The van der Waals surface area contributed by atoms with E-state index in [0.717, 1.165) is 0 Å². The molecule has 1 aliphatic carbocycles. The van der Waals surface area contributed by atoms with Crippen molar-refractivity contribution >= 4 is 5.91 Å². The van der Waals surface area contributed by atoms with Crippen LogP contribution in [0.15, 0.2) is 12.2 Å². The predicted octanol–water partition coefficient (Wildman–Crippen LogP) is -0.333. The zero-order valence-corrected chi connectivity index (χ0v) is 9.81. The highest BCUT2D eigenvalue weighted by Crippen LogP contribution is 2.16. The molecule has 5 heteroatoms. The summed E-state index contributed by atoms with van der Waals surface area (Å²) in [5.74, 6) is -0.0996. The third kappa shape index (κ3) is 3.92. The Hall–Kier alpha value is -0.910. The SMILES string of the molecule is COCC(CNC(=O)C1C=CC(N)C1)OC. The minimum Gasteiger partial charge on any atom is -0.382 e. The lowest BCUT2D eigenvalue weighted by molar-refractivity contribution is -0.124. The zero-order chi connectivity index (χ0) is 12.0. The number of carbonyl (C=O) groups is 1. The Kier molecular flexibility index (Phi) is 5.45. The molecule has 1 rings (SSSR count). The van der Waals surface area contributed by atoms with Gasteiger partial charge in [-0.1, -0.05) is 12.2 Å². The summed E-state index contributed by atoms with van der Waals surface area (Å²) >= 11 is 0. The van der Waals surface area contributed by atoms with Gasteiger partial charge in [-0.3, -0.25) is 4.79 Å². The van der Waals surface area contributed by atoms with Crippen LogP contribution < -0.4 is 11.1 Å². The normalized spacial score (nSPS) is 25.7. The van der Waals surface area contributed by atoms with E-state index >= 15 is 0 Å². The first kappa shape index (κ1) is 13.2. The molecule has 3 atom stereocenters. The molecule has 0 fully saturated rings. The number of carbonyl (C=O) groups excluding carboxylic acids is 1. The first-order valence-corrected chi connectivity index (χ1v) is 5.40. The van der Waals surface area contributed by atoms with Crippen molar-refractivity contribution in [3.8, 4) is 0 Å². The summed E-state index contributed by atoms with van der Waals surface area (Å²) in [6.45, 7) is 0.930. The number of hydrogen-bond acceptors (Lipinski definition) is 4. The molecule has 0 saturated heterocycles. The molecule has 5 nitrogen and oxygen atoms in total. The van der Waals surface area contributed by atoms with E-state index in [2.05, 4.69) is 5.32 Å². The lowest BCUT2D eigenvalue weighted by Gasteiger charge is -2.16. The van der Waals surface area contributed by atoms with Crippen molar-refractivity contribution in [2.45, 2.75) is 18.6 Å². The van der Waals surface area contributed by atoms with Crippen molar-refractivity contribution in [2.24, 2.45) is 11.7 Å². The maximum Gasteiger partial charge on any atom is 0.227 e. The summed E-state index contributed by atoms with van der Waals surface area (Å²) in [6.07, 6.45) is 4.31. The van der Waals surface area contributed by atoms with Gasteiger partial charge in [0.15, 0.2) is 0 Å². The average molecular weight is 228 g/mol. The van der Waals surface area contributed by atoms with Gasteiger partial charge in [0.25, 0.3) is 0 Å². The van der Waals surface area contributed by atoms with Crippen LogP contribution in [0.3, 0.4) is 0 Å². The second-order valence-electron chi connectivity index (χ2n) is 3.95. The van der Waals surface area contributed by atoms with Crippen LogP contribution in [0.1, 0.15) is 6.42 Å². The molecule has 0 aromatic rings. The summed E-state index contributed by atoms with van der Waals surface area (Å²) in [4.78, 5) is 11.7. The van der Waals surface area contributed by atoms with Crippen molar-refractivity contribution in [3.05, 3.63) is 12.2 Å². The second-order valence-corrected chi connectivity index (χ2v) is 3.95. The van der Waals surface area contributed by atoms with Crippen LogP contribution >= 0.6 is 0 Å². The Morgan fingerprint density at radius 1 is 1.56 bits per heavy atom. The Bertz CT molecular complexity index is 256. The number of nitrogens with one attached hydrogen (secondary N) is 1. The molecule has 0 spiro atoms. The maximum atomic E-state index is 11.7. The van der Waals surface area contributed by atoms with E-state index in [1.165, 1.54) is 0 Å². The van der Waals surface area contributed by atoms with E-state index in [1.807, 2.05) is 12.2 Å². The van der Waals surface area contributed by atoms with E-state index < -0.39 is 0 Å². The molecule has 0 aromatic carbocycles. The summed E-state index contributed by atoms with van der Waals surface area (Å²) in [6, 6.07) is 0.00736. The summed E-state index contributed by atoms with van der Waals surface area (Å²) in [5.41, 5.74) is 5.68. The van der Waals surface area contributed by atoms with Gasteiger partial charge < -0.3 is 20.5 Å². The zero-order valence-electron chi connectivity index (χ0n) is 9.81. The lowest BCUT2D eigenvalue weighted by atomic mass is 10.1. The maximum absolute atomic E-state index is 11.7. The highest BCUT2D eigenvalue weighted by Gasteiger charge is 2.22. The monoisotopic (exact) mass is 228 g/mol. The Balaban J connectivity index is 2.26. The Morgan fingerprint density at radius 3 is 2.81 bits per heavy atom. The largest absolute Gasteiger partial charge is 0.382 e. The van der Waals surface area contributed by atoms with Crippen LogP contribution in [0.5, 0.6) is 0 Å². The molecule has 0 saturated carbocycles. The highest BCUT2D eigenvalue weighted by atomic mass is 16.5. The minimum atomic E-state index is -0.104.